The van der Waals surface area contributed by atoms with E-state index in [2.05, 4.69) is 55.9 Å². The molecule has 0 spiro atoms. The van der Waals surface area contributed by atoms with Gasteiger partial charge in [-0.15, -0.1) is 0 Å². The maximum atomic E-state index is 6.50. The topological polar surface area (TPSA) is 86.6 Å². The minimum atomic E-state index is 0.0466. The van der Waals surface area contributed by atoms with Gasteiger partial charge in [-0.3, -0.25) is 0 Å². The van der Waals surface area contributed by atoms with Crippen LogP contribution in [0.2, 0.25) is 5.28 Å². The Morgan fingerprint density at radius 2 is 1.81 bits per heavy atom. The number of nitrogens with one attached hydrogen (secondary N) is 1. The highest BCUT2D eigenvalue weighted by Crippen LogP contribution is 2.37. The molecule has 3 heterocycles. The summed E-state index contributed by atoms with van der Waals surface area (Å²) in [6.07, 6.45) is 4.90. The second-order valence-corrected chi connectivity index (χ2v) is 11.7. The first-order valence-electron chi connectivity index (χ1n) is 14.8. The van der Waals surface area contributed by atoms with Crippen molar-refractivity contribution in [2.45, 2.75) is 51.7 Å². The molecule has 2 aromatic carbocycles. The molecule has 1 saturated carbocycles. The van der Waals surface area contributed by atoms with Crippen molar-refractivity contribution in [3.05, 3.63) is 64.9 Å². The molecule has 6 rings (SSSR count). The van der Waals surface area contributed by atoms with Crippen molar-refractivity contribution < 1.29 is 14.2 Å². The molecule has 1 aliphatic carbocycles. The van der Waals surface area contributed by atoms with Gasteiger partial charge in [-0.2, -0.15) is 15.0 Å². The molecule has 1 aliphatic heterocycles. The molecule has 1 atom stereocenters. The van der Waals surface area contributed by atoms with Gasteiger partial charge < -0.3 is 29.0 Å². The molecule has 0 unspecified atom stereocenters. The van der Waals surface area contributed by atoms with Crippen molar-refractivity contribution in [1.29, 1.82) is 0 Å². The van der Waals surface area contributed by atoms with E-state index in [0.29, 0.717) is 37.1 Å². The van der Waals surface area contributed by atoms with Crippen LogP contribution < -0.4 is 19.7 Å². The van der Waals surface area contributed by atoms with Gasteiger partial charge >= 0.3 is 0 Å². The van der Waals surface area contributed by atoms with Crippen LogP contribution in [0.25, 0.3) is 11.2 Å². The Bertz CT molecular complexity index is 1510. The average molecular weight is 591 g/mol. The summed E-state index contributed by atoms with van der Waals surface area (Å²) in [5, 5.41) is 3.70. The first-order valence-corrected chi connectivity index (χ1v) is 15.2. The van der Waals surface area contributed by atoms with Gasteiger partial charge in [-0.05, 0) is 54.0 Å². The summed E-state index contributed by atoms with van der Waals surface area (Å²) in [6.45, 7) is 5.67. The lowest BCUT2D eigenvalue weighted by Gasteiger charge is -2.37. The van der Waals surface area contributed by atoms with Gasteiger partial charge in [0.25, 0.3) is 0 Å². The van der Waals surface area contributed by atoms with Crippen LogP contribution in [0.4, 0.5) is 11.8 Å². The van der Waals surface area contributed by atoms with E-state index < -0.39 is 0 Å². The Kier molecular flexibility index (Phi) is 8.67. The summed E-state index contributed by atoms with van der Waals surface area (Å²) < 4.78 is 19.3. The standard InChI is InChI=1S/C32H39ClN6O3/c1-21-9-11-22(12-10-21)19-39-28-29(34-18-24-13-14-25(40-2)17-27(24)41-3)35-31(33)36-30(28)37-32(39)38-15-16-42-20-26(38)23-7-5-4-6-8-23/h4-8,13-14,17,21-22,26H,9-12,15-16,18-20H2,1-3H3,(H,34,35,36)/t21-,22-,26-/m0/s1. The SMILES string of the molecule is COc1ccc(CNc2nc(Cl)nc3nc(N4CCOC[C@H]4c4ccccc4)n(C[C@H]4CC[C@H](C)CC4)c23)c(OC)c1. The number of nitrogens with zero attached hydrogens (tertiary/aromatic N) is 5. The smallest absolute Gasteiger partial charge is 0.226 e. The van der Waals surface area contributed by atoms with Crippen molar-refractivity contribution in [2.75, 3.05) is 44.2 Å². The fraction of sp³-hybridized carbons (Fsp3) is 0.469. The molecule has 1 N–H and O–H groups in total. The van der Waals surface area contributed by atoms with E-state index in [1.54, 1.807) is 14.2 Å². The maximum Gasteiger partial charge on any atom is 0.226 e. The van der Waals surface area contributed by atoms with Gasteiger partial charge in [0.05, 0.1) is 33.5 Å². The van der Waals surface area contributed by atoms with E-state index in [0.717, 1.165) is 47.5 Å². The van der Waals surface area contributed by atoms with Gasteiger partial charge in [0.1, 0.15) is 17.0 Å². The predicted octanol–water partition coefficient (Wildman–Crippen LogP) is 6.51. The van der Waals surface area contributed by atoms with Crippen LogP contribution in [0.1, 0.15) is 49.8 Å². The molecule has 222 valence electrons. The number of benzene rings is 2. The van der Waals surface area contributed by atoms with Crippen LogP contribution in [0.15, 0.2) is 48.5 Å². The highest BCUT2D eigenvalue weighted by atomic mass is 35.5. The fourth-order valence-corrected chi connectivity index (χ4v) is 6.42. The van der Waals surface area contributed by atoms with E-state index in [4.69, 9.17) is 30.8 Å². The lowest BCUT2D eigenvalue weighted by molar-refractivity contribution is 0.0927. The lowest BCUT2D eigenvalue weighted by Crippen LogP contribution is -2.41. The Balaban J connectivity index is 1.42. The molecule has 2 fully saturated rings. The van der Waals surface area contributed by atoms with Crippen molar-refractivity contribution in [1.82, 2.24) is 19.5 Å². The largest absolute Gasteiger partial charge is 0.497 e. The van der Waals surface area contributed by atoms with E-state index in [1.807, 2.05) is 24.3 Å². The zero-order valence-electron chi connectivity index (χ0n) is 24.6. The fourth-order valence-electron chi connectivity index (χ4n) is 6.25. The third kappa shape index (κ3) is 5.99. The van der Waals surface area contributed by atoms with Crippen molar-refractivity contribution in [3.63, 3.8) is 0 Å². The van der Waals surface area contributed by atoms with Crippen LogP contribution in [0, 0.1) is 11.8 Å². The first-order chi connectivity index (χ1) is 20.5. The highest BCUT2D eigenvalue weighted by Gasteiger charge is 2.32. The zero-order valence-corrected chi connectivity index (χ0v) is 25.3. The van der Waals surface area contributed by atoms with Crippen molar-refractivity contribution in [2.24, 2.45) is 11.8 Å². The third-order valence-corrected chi connectivity index (χ3v) is 8.81. The van der Waals surface area contributed by atoms with E-state index >= 15 is 0 Å². The predicted molar refractivity (Wildman–Crippen MR) is 166 cm³/mol. The van der Waals surface area contributed by atoms with Crippen LogP contribution in [-0.4, -0.2) is 53.5 Å². The minimum Gasteiger partial charge on any atom is -0.497 e. The number of fused-ring (bicyclic) bond motifs is 1. The van der Waals surface area contributed by atoms with Crippen molar-refractivity contribution in [3.8, 4) is 11.5 Å². The van der Waals surface area contributed by atoms with Crippen LogP contribution in [0.5, 0.6) is 11.5 Å². The number of hydrogen-bond donors (Lipinski definition) is 1. The van der Waals surface area contributed by atoms with Gasteiger partial charge in [0.15, 0.2) is 11.5 Å². The number of anilines is 2. The van der Waals surface area contributed by atoms with Crippen molar-refractivity contribution >= 4 is 34.5 Å². The molecule has 2 aliphatic rings. The van der Waals surface area contributed by atoms with Crippen LogP contribution in [0.3, 0.4) is 0 Å². The van der Waals surface area contributed by atoms with Gasteiger partial charge in [-0.25, -0.2) is 0 Å². The normalized spacial score (nSPS) is 21.0. The minimum absolute atomic E-state index is 0.0466. The molecule has 2 aromatic heterocycles. The quantitative estimate of drug-likeness (QED) is 0.221. The lowest BCUT2D eigenvalue weighted by atomic mass is 9.83. The molecule has 4 aromatic rings. The summed E-state index contributed by atoms with van der Waals surface area (Å²) in [5.74, 6) is 4.37. The van der Waals surface area contributed by atoms with E-state index in [-0.39, 0.29) is 11.3 Å². The molecule has 42 heavy (non-hydrogen) atoms. The van der Waals surface area contributed by atoms with E-state index in [1.165, 1.54) is 31.2 Å². The third-order valence-electron chi connectivity index (χ3n) is 8.64. The molecule has 0 amide bonds. The number of aromatic nitrogens is 4. The van der Waals surface area contributed by atoms with Crippen LogP contribution in [-0.2, 0) is 17.8 Å². The molecule has 10 heteroatoms. The first kappa shape index (κ1) is 28.6. The number of hydrogen-bond acceptors (Lipinski definition) is 8. The zero-order chi connectivity index (χ0) is 29.1. The van der Waals surface area contributed by atoms with Gasteiger partial charge in [0.2, 0.25) is 11.2 Å². The van der Waals surface area contributed by atoms with Gasteiger partial charge in [-0.1, -0.05) is 50.1 Å². The summed E-state index contributed by atoms with van der Waals surface area (Å²) in [7, 11) is 3.31. The summed E-state index contributed by atoms with van der Waals surface area (Å²) >= 11 is 6.50. The summed E-state index contributed by atoms with van der Waals surface area (Å²) in [4.78, 5) is 16.8. The number of halogens is 1. The number of methoxy groups -OCH3 is 2. The molecule has 9 nitrogen and oxygen atoms in total. The number of imidazole rings is 1. The molecule has 0 radical (unpaired) electrons. The Morgan fingerprint density at radius 1 is 1.00 bits per heavy atom. The Hall–Kier alpha value is -3.56. The van der Waals surface area contributed by atoms with Crippen LogP contribution >= 0.6 is 11.6 Å². The highest BCUT2D eigenvalue weighted by molar-refractivity contribution is 6.28. The second kappa shape index (κ2) is 12.8. The summed E-state index contributed by atoms with van der Waals surface area (Å²) in [6, 6.07) is 16.4. The van der Waals surface area contributed by atoms with Gasteiger partial charge in [0, 0.05) is 31.3 Å². The summed E-state index contributed by atoms with van der Waals surface area (Å²) in [5.41, 5.74) is 3.65. The molecular formula is C32H39ClN6O3. The Morgan fingerprint density at radius 3 is 2.57 bits per heavy atom. The molecule has 1 saturated heterocycles. The maximum absolute atomic E-state index is 6.50. The molecular weight excluding hydrogens is 552 g/mol. The average Bonchev–Trinajstić information content (AvgIpc) is 3.38. The monoisotopic (exact) mass is 590 g/mol. The second-order valence-electron chi connectivity index (χ2n) is 11.4. The number of ether oxygens (including phenoxy) is 3. The molecule has 0 bridgehead atoms. The Labute approximate surface area is 252 Å². The number of rotatable bonds is 9. The van der Waals surface area contributed by atoms with E-state index in [9.17, 15) is 0 Å². The number of morpholine rings is 1.